The van der Waals surface area contributed by atoms with Gasteiger partial charge in [-0.15, -0.1) is 0 Å². The standard InChI is InChI=1S/C18H20Cl2N4O2/c1-24(2)10-4-8-22-17(25)12-7-9-21-15(11-12)18(26)23-16-13(19)5-3-6-14(16)20/h3,5-7,9,11H,4,8,10H2,1-2H3,(H,22,25)(H,23,26). The zero-order valence-electron chi connectivity index (χ0n) is 14.6. The molecule has 0 radical (unpaired) electrons. The van der Waals surface area contributed by atoms with E-state index in [-0.39, 0.29) is 11.6 Å². The van der Waals surface area contributed by atoms with Crippen molar-refractivity contribution in [1.82, 2.24) is 15.2 Å². The molecule has 0 bridgehead atoms. The molecule has 0 saturated heterocycles. The van der Waals surface area contributed by atoms with Gasteiger partial charge in [0.15, 0.2) is 0 Å². The van der Waals surface area contributed by atoms with Crippen LogP contribution in [0.4, 0.5) is 5.69 Å². The summed E-state index contributed by atoms with van der Waals surface area (Å²) < 4.78 is 0. The summed E-state index contributed by atoms with van der Waals surface area (Å²) in [6.07, 6.45) is 2.25. The molecule has 0 atom stereocenters. The summed E-state index contributed by atoms with van der Waals surface area (Å²) in [5.74, 6) is -0.752. The van der Waals surface area contributed by atoms with Gasteiger partial charge in [-0.05, 0) is 51.3 Å². The van der Waals surface area contributed by atoms with Gasteiger partial charge in [-0.1, -0.05) is 29.3 Å². The summed E-state index contributed by atoms with van der Waals surface area (Å²) in [6, 6.07) is 7.91. The number of rotatable bonds is 7. The first-order valence-electron chi connectivity index (χ1n) is 8.03. The van der Waals surface area contributed by atoms with Crippen molar-refractivity contribution in [2.24, 2.45) is 0 Å². The Balaban J connectivity index is 2.03. The maximum atomic E-state index is 12.4. The summed E-state index contributed by atoms with van der Waals surface area (Å²) in [7, 11) is 3.95. The van der Waals surface area contributed by atoms with Gasteiger partial charge in [-0.3, -0.25) is 14.6 Å². The van der Waals surface area contributed by atoms with Crippen LogP contribution < -0.4 is 10.6 Å². The number of aromatic nitrogens is 1. The van der Waals surface area contributed by atoms with Gasteiger partial charge in [0, 0.05) is 18.3 Å². The molecule has 8 heteroatoms. The van der Waals surface area contributed by atoms with Crippen molar-refractivity contribution in [3.05, 3.63) is 57.8 Å². The molecule has 1 heterocycles. The molecule has 0 aliphatic carbocycles. The van der Waals surface area contributed by atoms with E-state index in [0.717, 1.165) is 13.0 Å². The third kappa shape index (κ3) is 5.69. The van der Waals surface area contributed by atoms with Crippen LogP contribution in [0, 0.1) is 0 Å². The van der Waals surface area contributed by atoms with Gasteiger partial charge in [0.1, 0.15) is 5.69 Å². The fraction of sp³-hybridized carbons (Fsp3) is 0.278. The number of hydrogen-bond acceptors (Lipinski definition) is 4. The first kappa shape index (κ1) is 20.2. The quantitative estimate of drug-likeness (QED) is 0.706. The van der Waals surface area contributed by atoms with Crippen LogP contribution in [0.5, 0.6) is 0 Å². The average Bonchev–Trinajstić information content (AvgIpc) is 2.61. The first-order chi connectivity index (χ1) is 12.4. The molecule has 2 rings (SSSR count). The van der Waals surface area contributed by atoms with Crippen LogP contribution in [0.15, 0.2) is 36.5 Å². The van der Waals surface area contributed by atoms with Gasteiger partial charge >= 0.3 is 0 Å². The van der Waals surface area contributed by atoms with Gasteiger partial charge in [0.25, 0.3) is 11.8 Å². The van der Waals surface area contributed by atoms with E-state index >= 15 is 0 Å². The lowest BCUT2D eigenvalue weighted by Crippen LogP contribution is -2.27. The Morgan fingerprint density at radius 1 is 1.12 bits per heavy atom. The summed E-state index contributed by atoms with van der Waals surface area (Å²) in [6.45, 7) is 1.43. The van der Waals surface area contributed by atoms with Crippen molar-refractivity contribution >= 4 is 40.7 Å². The van der Waals surface area contributed by atoms with E-state index in [1.165, 1.54) is 12.3 Å². The van der Waals surface area contributed by atoms with Crippen molar-refractivity contribution in [2.45, 2.75) is 6.42 Å². The second kappa shape index (κ2) is 9.52. The molecule has 1 aromatic heterocycles. The molecule has 0 saturated carbocycles. The molecule has 0 fully saturated rings. The third-order valence-corrected chi connectivity index (χ3v) is 4.15. The molecular weight excluding hydrogens is 375 g/mol. The number of anilines is 1. The largest absolute Gasteiger partial charge is 0.352 e. The van der Waals surface area contributed by atoms with E-state index < -0.39 is 5.91 Å². The number of carbonyl (C=O) groups is 2. The first-order valence-corrected chi connectivity index (χ1v) is 8.78. The molecule has 2 N–H and O–H groups in total. The molecule has 1 aromatic carbocycles. The fourth-order valence-corrected chi connectivity index (χ4v) is 2.68. The number of para-hydroxylation sites is 1. The second-order valence-corrected chi connectivity index (χ2v) is 6.71. The number of halogens is 2. The van der Waals surface area contributed by atoms with Crippen LogP contribution in [-0.2, 0) is 0 Å². The van der Waals surface area contributed by atoms with Gasteiger partial charge in [-0.25, -0.2) is 0 Å². The molecular formula is C18H20Cl2N4O2. The minimum absolute atomic E-state index is 0.0990. The molecule has 0 aliphatic rings. The van der Waals surface area contributed by atoms with Crippen LogP contribution >= 0.6 is 23.2 Å². The number of nitrogens with zero attached hydrogens (tertiary/aromatic N) is 2. The summed E-state index contributed by atoms with van der Waals surface area (Å²) in [4.78, 5) is 30.7. The number of carbonyl (C=O) groups excluding carboxylic acids is 2. The number of amides is 2. The van der Waals surface area contributed by atoms with E-state index in [2.05, 4.69) is 15.6 Å². The monoisotopic (exact) mass is 394 g/mol. The van der Waals surface area contributed by atoms with Gasteiger partial charge in [0.05, 0.1) is 15.7 Å². The summed E-state index contributed by atoms with van der Waals surface area (Å²) in [5, 5.41) is 6.08. The molecule has 2 amide bonds. The van der Waals surface area contributed by atoms with Crippen LogP contribution in [-0.4, -0.2) is 48.9 Å². The smallest absolute Gasteiger partial charge is 0.274 e. The summed E-state index contributed by atoms with van der Waals surface area (Å²) in [5.41, 5.74) is 0.767. The highest BCUT2D eigenvalue weighted by molar-refractivity contribution is 6.40. The molecule has 0 unspecified atom stereocenters. The van der Waals surface area contributed by atoms with Crippen LogP contribution in [0.3, 0.4) is 0 Å². The lowest BCUT2D eigenvalue weighted by Gasteiger charge is -2.11. The maximum absolute atomic E-state index is 12.4. The number of pyridine rings is 1. The number of benzene rings is 1. The van der Waals surface area contributed by atoms with Crippen LogP contribution in [0.2, 0.25) is 10.0 Å². The maximum Gasteiger partial charge on any atom is 0.274 e. The molecule has 138 valence electrons. The lowest BCUT2D eigenvalue weighted by atomic mass is 10.2. The number of hydrogen-bond donors (Lipinski definition) is 2. The molecule has 6 nitrogen and oxygen atoms in total. The SMILES string of the molecule is CN(C)CCCNC(=O)c1ccnc(C(=O)Nc2c(Cl)cccc2Cl)c1. The van der Waals surface area contributed by atoms with Crippen molar-refractivity contribution < 1.29 is 9.59 Å². The second-order valence-electron chi connectivity index (χ2n) is 5.89. The predicted molar refractivity (Wildman–Crippen MR) is 104 cm³/mol. The zero-order valence-corrected chi connectivity index (χ0v) is 16.1. The normalized spacial score (nSPS) is 10.7. The van der Waals surface area contributed by atoms with Gasteiger partial charge in [0.2, 0.25) is 0 Å². The van der Waals surface area contributed by atoms with Crippen molar-refractivity contribution in [1.29, 1.82) is 0 Å². The van der Waals surface area contributed by atoms with Crippen LogP contribution in [0.25, 0.3) is 0 Å². The highest BCUT2D eigenvalue weighted by Crippen LogP contribution is 2.30. The third-order valence-electron chi connectivity index (χ3n) is 3.52. The molecule has 2 aromatic rings. The van der Waals surface area contributed by atoms with E-state index in [4.69, 9.17) is 23.2 Å². The molecule has 0 spiro atoms. The zero-order chi connectivity index (χ0) is 19.1. The topological polar surface area (TPSA) is 74.3 Å². The number of nitrogens with one attached hydrogen (secondary N) is 2. The molecule has 26 heavy (non-hydrogen) atoms. The lowest BCUT2D eigenvalue weighted by molar-refractivity contribution is 0.0952. The minimum atomic E-state index is -0.498. The Morgan fingerprint density at radius 2 is 1.81 bits per heavy atom. The highest BCUT2D eigenvalue weighted by Gasteiger charge is 2.14. The van der Waals surface area contributed by atoms with E-state index in [1.54, 1.807) is 24.3 Å². The minimum Gasteiger partial charge on any atom is -0.352 e. The molecule has 0 aliphatic heterocycles. The van der Waals surface area contributed by atoms with E-state index in [9.17, 15) is 9.59 Å². The van der Waals surface area contributed by atoms with E-state index in [0.29, 0.717) is 27.8 Å². The van der Waals surface area contributed by atoms with Crippen molar-refractivity contribution in [2.75, 3.05) is 32.5 Å². The Hall–Kier alpha value is -2.15. The van der Waals surface area contributed by atoms with Crippen molar-refractivity contribution in [3.8, 4) is 0 Å². The highest BCUT2D eigenvalue weighted by atomic mass is 35.5. The van der Waals surface area contributed by atoms with Gasteiger partial charge in [-0.2, -0.15) is 0 Å². The Bertz CT molecular complexity index is 776. The van der Waals surface area contributed by atoms with E-state index in [1.807, 2.05) is 19.0 Å². The van der Waals surface area contributed by atoms with Crippen LogP contribution in [0.1, 0.15) is 27.3 Å². The van der Waals surface area contributed by atoms with Gasteiger partial charge < -0.3 is 15.5 Å². The Labute approximate surface area is 162 Å². The Kier molecular flexibility index (Phi) is 7.38. The summed E-state index contributed by atoms with van der Waals surface area (Å²) >= 11 is 12.1. The Morgan fingerprint density at radius 3 is 2.46 bits per heavy atom. The predicted octanol–water partition coefficient (Wildman–Crippen LogP) is 3.32. The fourth-order valence-electron chi connectivity index (χ4n) is 2.19. The van der Waals surface area contributed by atoms with Crippen molar-refractivity contribution in [3.63, 3.8) is 0 Å². The average molecular weight is 395 g/mol.